The molecule has 2 aromatic carbocycles. The summed E-state index contributed by atoms with van der Waals surface area (Å²) in [5.41, 5.74) is 0.331. The molecule has 2 aromatic rings. The fourth-order valence-corrected chi connectivity index (χ4v) is 2.54. The zero-order valence-electron chi connectivity index (χ0n) is 16.3. The van der Waals surface area contributed by atoms with Gasteiger partial charge in [0.2, 0.25) is 0 Å². The Hall–Kier alpha value is -2.83. The number of aliphatic imine (C=N–C) groups is 1. The van der Waals surface area contributed by atoms with Gasteiger partial charge in [0.25, 0.3) is 0 Å². The zero-order chi connectivity index (χ0) is 20.9. The van der Waals surface area contributed by atoms with Gasteiger partial charge in [0.15, 0.2) is 0 Å². The number of hydrogen-bond acceptors (Lipinski definition) is 3. The summed E-state index contributed by atoms with van der Waals surface area (Å²) in [4.78, 5) is 18.0. The maximum absolute atomic E-state index is 13.6. The van der Waals surface area contributed by atoms with Crippen molar-refractivity contribution in [2.24, 2.45) is 4.99 Å². The molecule has 28 heavy (non-hydrogen) atoms. The first-order chi connectivity index (χ1) is 13.1. The van der Waals surface area contributed by atoms with Gasteiger partial charge in [0, 0.05) is 13.6 Å². The Morgan fingerprint density at radius 2 is 1.79 bits per heavy atom. The number of hydrogen-bond donors (Lipinski definition) is 0. The van der Waals surface area contributed by atoms with E-state index in [9.17, 15) is 18.0 Å². The van der Waals surface area contributed by atoms with Crippen molar-refractivity contribution >= 4 is 18.0 Å². The second-order valence-electron chi connectivity index (χ2n) is 6.51. The Morgan fingerprint density at radius 1 is 1.14 bits per heavy atom. The van der Waals surface area contributed by atoms with Crippen LogP contribution in [0.5, 0.6) is 0 Å². The van der Waals surface area contributed by atoms with Crippen LogP contribution in [0.25, 0.3) is 0 Å². The van der Waals surface area contributed by atoms with Crippen molar-refractivity contribution in [2.45, 2.75) is 33.6 Å². The summed E-state index contributed by atoms with van der Waals surface area (Å²) in [5, 5.41) is 0. The highest BCUT2D eigenvalue weighted by Gasteiger charge is 2.37. The predicted octanol–water partition coefficient (Wildman–Crippen LogP) is 5.29. The number of halogens is 3. The molecule has 150 valence electrons. The molecule has 0 saturated heterocycles. The van der Waals surface area contributed by atoms with Gasteiger partial charge in [-0.15, -0.1) is 0 Å². The highest BCUT2D eigenvalue weighted by Crippen LogP contribution is 2.40. The van der Waals surface area contributed by atoms with Crippen molar-refractivity contribution in [3.05, 3.63) is 64.2 Å². The van der Waals surface area contributed by atoms with E-state index in [1.807, 2.05) is 26.0 Å². The Kier molecular flexibility index (Phi) is 6.83. The summed E-state index contributed by atoms with van der Waals surface area (Å²) < 4.78 is 46.0. The first-order valence-corrected chi connectivity index (χ1v) is 8.81. The normalized spacial score (nSPS) is 11.7. The van der Waals surface area contributed by atoms with Crippen LogP contribution in [0.4, 0.5) is 18.9 Å². The van der Waals surface area contributed by atoms with Gasteiger partial charge < -0.3 is 9.64 Å². The standard InChI is InChI=1S/C21H23F3N2O2/c1-5-26(4)13-25-18-11-10-17(15(3)19(18)21(22,23)24)20(27)28-12-16-8-6-14(2)7-9-16/h6-11,13H,5,12H2,1-4H3/b25-13+. The molecule has 0 N–H and O–H groups in total. The molecule has 4 nitrogen and oxygen atoms in total. The SMILES string of the molecule is CCN(C)/C=N/c1ccc(C(=O)OCc2ccc(C)cc2)c(C)c1C(F)(F)F. The van der Waals surface area contributed by atoms with Crippen LogP contribution in [0.15, 0.2) is 41.4 Å². The molecular weight excluding hydrogens is 369 g/mol. The molecule has 0 saturated carbocycles. The third-order valence-electron chi connectivity index (χ3n) is 4.33. The fraction of sp³-hybridized carbons (Fsp3) is 0.333. The Labute approximate surface area is 162 Å². The molecule has 0 radical (unpaired) electrons. The molecule has 0 aliphatic heterocycles. The van der Waals surface area contributed by atoms with Crippen molar-refractivity contribution < 1.29 is 22.7 Å². The Morgan fingerprint density at radius 3 is 2.36 bits per heavy atom. The summed E-state index contributed by atoms with van der Waals surface area (Å²) in [6, 6.07) is 9.86. The molecule has 0 spiro atoms. The fourth-order valence-electron chi connectivity index (χ4n) is 2.54. The van der Waals surface area contributed by atoms with Gasteiger partial charge in [-0.05, 0) is 44.0 Å². The molecule has 0 bridgehead atoms. The van der Waals surface area contributed by atoms with Crippen LogP contribution in [0.3, 0.4) is 0 Å². The maximum Gasteiger partial charge on any atom is 0.418 e. The molecule has 0 aliphatic carbocycles. The minimum Gasteiger partial charge on any atom is -0.457 e. The number of ether oxygens (including phenoxy) is 1. The van der Waals surface area contributed by atoms with Crippen LogP contribution in [0.1, 0.15) is 39.5 Å². The monoisotopic (exact) mass is 392 g/mol. The van der Waals surface area contributed by atoms with Crippen molar-refractivity contribution in [1.82, 2.24) is 4.90 Å². The molecule has 0 heterocycles. The van der Waals surface area contributed by atoms with Crippen molar-refractivity contribution in [3.63, 3.8) is 0 Å². The van der Waals surface area contributed by atoms with Gasteiger partial charge in [-0.1, -0.05) is 29.8 Å². The highest BCUT2D eigenvalue weighted by atomic mass is 19.4. The molecule has 0 aromatic heterocycles. The van der Waals surface area contributed by atoms with Gasteiger partial charge in [0.1, 0.15) is 6.61 Å². The predicted molar refractivity (Wildman–Crippen MR) is 103 cm³/mol. The lowest BCUT2D eigenvalue weighted by Gasteiger charge is -2.17. The van der Waals surface area contributed by atoms with Crippen LogP contribution < -0.4 is 0 Å². The number of alkyl halides is 3. The average Bonchev–Trinajstić information content (AvgIpc) is 2.64. The van der Waals surface area contributed by atoms with E-state index >= 15 is 0 Å². The smallest absolute Gasteiger partial charge is 0.418 e. The average molecular weight is 392 g/mol. The number of carbonyl (C=O) groups excluding carboxylic acids is 1. The van der Waals surface area contributed by atoms with Gasteiger partial charge in [-0.25, -0.2) is 9.79 Å². The van der Waals surface area contributed by atoms with Gasteiger partial charge in [-0.2, -0.15) is 13.2 Å². The number of aryl methyl sites for hydroxylation is 1. The van der Waals surface area contributed by atoms with Crippen molar-refractivity contribution in [1.29, 1.82) is 0 Å². The molecule has 0 aliphatic rings. The molecule has 2 rings (SSSR count). The van der Waals surface area contributed by atoms with Crippen LogP contribution in [-0.2, 0) is 17.5 Å². The molecular formula is C21H23F3N2O2. The lowest BCUT2D eigenvalue weighted by molar-refractivity contribution is -0.137. The summed E-state index contributed by atoms with van der Waals surface area (Å²) >= 11 is 0. The van der Waals surface area contributed by atoms with E-state index in [2.05, 4.69) is 4.99 Å². The Balaban J connectivity index is 2.30. The summed E-state index contributed by atoms with van der Waals surface area (Å²) in [7, 11) is 1.71. The topological polar surface area (TPSA) is 41.9 Å². The number of carbonyl (C=O) groups is 1. The van der Waals surface area contributed by atoms with Crippen LogP contribution in [0, 0.1) is 13.8 Å². The van der Waals surface area contributed by atoms with Crippen molar-refractivity contribution in [2.75, 3.05) is 13.6 Å². The van der Waals surface area contributed by atoms with E-state index in [-0.39, 0.29) is 23.4 Å². The second-order valence-corrected chi connectivity index (χ2v) is 6.51. The maximum atomic E-state index is 13.6. The highest BCUT2D eigenvalue weighted by molar-refractivity contribution is 5.92. The number of esters is 1. The lowest BCUT2D eigenvalue weighted by atomic mass is 10.00. The summed E-state index contributed by atoms with van der Waals surface area (Å²) in [6.07, 6.45) is -3.31. The van der Waals surface area contributed by atoms with Crippen LogP contribution in [0.2, 0.25) is 0 Å². The molecule has 7 heteroatoms. The van der Waals surface area contributed by atoms with E-state index in [1.54, 1.807) is 24.1 Å². The van der Waals surface area contributed by atoms with Crippen LogP contribution >= 0.6 is 0 Å². The Bertz CT molecular complexity index is 859. The summed E-state index contributed by atoms with van der Waals surface area (Å²) in [6.45, 7) is 5.64. The van der Waals surface area contributed by atoms with E-state index in [0.717, 1.165) is 11.1 Å². The first kappa shape index (κ1) is 21.5. The zero-order valence-corrected chi connectivity index (χ0v) is 16.3. The van der Waals surface area contributed by atoms with E-state index in [4.69, 9.17) is 4.74 Å². The third-order valence-corrected chi connectivity index (χ3v) is 4.33. The quantitative estimate of drug-likeness (QED) is 0.381. The molecule has 0 fully saturated rings. The third kappa shape index (κ3) is 5.34. The number of benzene rings is 2. The largest absolute Gasteiger partial charge is 0.457 e. The first-order valence-electron chi connectivity index (χ1n) is 8.81. The van der Waals surface area contributed by atoms with E-state index < -0.39 is 17.7 Å². The number of nitrogens with zero attached hydrogens (tertiary/aromatic N) is 2. The second kappa shape index (κ2) is 8.91. The van der Waals surface area contributed by atoms with Gasteiger partial charge in [-0.3, -0.25) is 0 Å². The van der Waals surface area contributed by atoms with Gasteiger partial charge >= 0.3 is 12.1 Å². The minimum atomic E-state index is -4.64. The lowest BCUT2D eigenvalue weighted by Crippen LogP contribution is -2.16. The molecule has 0 unspecified atom stereocenters. The van der Waals surface area contributed by atoms with Crippen LogP contribution in [-0.4, -0.2) is 30.8 Å². The summed E-state index contributed by atoms with van der Waals surface area (Å²) in [5.74, 6) is -0.801. The van der Waals surface area contributed by atoms with E-state index in [1.165, 1.54) is 25.4 Å². The molecule has 0 atom stereocenters. The van der Waals surface area contributed by atoms with Gasteiger partial charge in [0.05, 0.1) is 23.2 Å². The van der Waals surface area contributed by atoms with Crippen molar-refractivity contribution in [3.8, 4) is 0 Å². The van der Waals surface area contributed by atoms with E-state index in [0.29, 0.717) is 6.54 Å². The molecule has 0 amide bonds. The minimum absolute atomic E-state index is 0.0128. The number of rotatable bonds is 6.